The molecule has 0 aliphatic heterocycles. The van der Waals surface area contributed by atoms with E-state index in [4.69, 9.17) is 9.47 Å². The van der Waals surface area contributed by atoms with E-state index in [1.807, 2.05) is 0 Å². The summed E-state index contributed by atoms with van der Waals surface area (Å²) in [6, 6.07) is 4.99. The van der Waals surface area contributed by atoms with Crippen molar-refractivity contribution >= 4 is 39.1 Å². The van der Waals surface area contributed by atoms with E-state index < -0.39 is 11.8 Å². The number of benzene rings is 1. The largest absolute Gasteiger partial charge is 0.497 e. The molecule has 2 aromatic heterocycles. The van der Waals surface area contributed by atoms with Crippen molar-refractivity contribution in [2.45, 2.75) is 32.2 Å². The van der Waals surface area contributed by atoms with Crippen molar-refractivity contribution in [2.75, 3.05) is 26.1 Å². The summed E-state index contributed by atoms with van der Waals surface area (Å²) >= 11 is 1.57. The third kappa shape index (κ3) is 4.45. The van der Waals surface area contributed by atoms with E-state index in [0.717, 1.165) is 36.1 Å². The maximum atomic E-state index is 12.9. The average Bonchev–Trinajstić information content (AvgIpc) is 3.19. The molecule has 1 aliphatic carbocycles. The van der Waals surface area contributed by atoms with Crippen LogP contribution < -0.4 is 25.7 Å². The molecule has 0 fully saturated rings. The van der Waals surface area contributed by atoms with E-state index >= 15 is 0 Å². The lowest BCUT2D eigenvalue weighted by Gasteiger charge is -2.12. The van der Waals surface area contributed by atoms with Crippen molar-refractivity contribution < 1.29 is 19.1 Å². The monoisotopic (exact) mass is 456 g/mol. The molecule has 2 heterocycles. The van der Waals surface area contributed by atoms with Crippen molar-refractivity contribution in [3.05, 3.63) is 45.3 Å². The topological polar surface area (TPSA) is 112 Å². The molecule has 0 spiro atoms. The maximum Gasteiger partial charge on any atom is 0.262 e. The van der Waals surface area contributed by atoms with Crippen LogP contribution in [0.25, 0.3) is 10.2 Å². The molecule has 32 heavy (non-hydrogen) atoms. The summed E-state index contributed by atoms with van der Waals surface area (Å²) in [6.45, 7) is -0.447. The molecule has 0 saturated carbocycles. The first kappa shape index (κ1) is 21.8. The normalized spacial score (nSPS) is 12.8. The number of rotatable bonds is 7. The van der Waals surface area contributed by atoms with Gasteiger partial charge in [-0.15, -0.1) is 11.3 Å². The first-order valence-electron chi connectivity index (χ1n) is 10.3. The fraction of sp³-hybridized carbons (Fsp3) is 0.364. The lowest BCUT2D eigenvalue weighted by atomic mass is 9.97. The number of carbonyl (C=O) groups excluding carboxylic acids is 2. The molecule has 1 aromatic carbocycles. The van der Waals surface area contributed by atoms with Gasteiger partial charge in [0, 0.05) is 10.9 Å². The number of hydrogen-bond donors (Lipinski definition) is 2. The van der Waals surface area contributed by atoms with Gasteiger partial charge in [-0.2, -0.15) is 0 Å². The van der Waals surface area contributed by atoms with Crippen LogP contribution in [0.5, 0.6) is 11.5 Å². The number of nitrogens with zero attached hydrogens (tertiary/aromatic N) is 2. The fourth-order valence-electron chi connectivity index (χ4n) is 3.78. The highest BCUT2D eigenvalue weighted by atomic mass is 32.1. The van der Waals surface area contributed by atoms with Crippen LogP contribution in [0.4, 0.5) is 5.69 Å². The van der Waals surface area contributed by atoms with Crippen LogP contribution in [0.3, 0.4) is 0 Å². The Hall–Kier alpha value is -3.40. The SMILES string of the molecule is COc1ccc(NC(=O)CNC(=O)Cn2cnc3sc4c(c3c2=O)CCCC4)c(OC)c1. The number of aryl methyl sites for hydroxylation is 2. The summed E-state index contributed by atoms with van der Waals surface area (Å²) in [6.07, 6.45) is 5.43. The van der Waals surface area contributed by atoms with Gasteiger partial charge in [-0.25, -0.2) is 4.98 Å². The third-order valence-corrected chi connectivity index (χ3v) is 6.58. The number of aromatic nitrogens is 2. The minimum atomic E-state index is -0.450. The van der Waals surface area contributed by atoms with Gasteiger partial charge in [0.2, 0.25) is 11.8 Å². The zero-order chi connectivity index (χ0) is 22.7. The molecule has 3 aromatic rings. The average molecular weight is 457 g/mol. The first-order chi connectivity index (χ1) is 15.5. The van der Waals surface area contributed by atoms with Crippen LogP contribution in [0.2, 0.25) is 0 Å². The minimum absolute atomic E-state index is 0.203. The summed E-state index contributed by atoms with van der Waals surface area (Å²) < 4.78 is 11.7. The lowest BCUT2D eigenvalue weighted by molar-refractivity contribution is -0.124. The molecule has 4 rings (SSSR count). The summed E-state index contributed by atoms with van der Waals surface area (Å²) in [5.41, 5.74) is 1.33. The Morgan fingerprint density at radius 3 is 2.75 bits per heavy atom. The van der Waals surface area contributed by atoms with Crippen molar-refractivity contribution in [1.82, 2.24) is 14.9 Å². The van der Waals surface area contributed by atoms with Gasteiger partial charge in [-0.1, -0.05) is 0 Å². The number of nitrogens with one attached hydrogen (secondary N) is 2. The van der Waals surface area contributed by atoms with E-state index in [1.165, 1.54) is 30.0 Å². The molecule has 0 saturated heterocycles. The van der Waals surface area contributed by atoms with Gasteiger partial charge in [0.05, 0.1) is 38.2 Å². The van der Waals surface area contributed by atoms with E-state index in [-0.39, 0.29) is 18.6 Å². The molecule has 0 unspecified atom stereocenters. The molecule has 10 heteroatoms. The van der Waals surface area contributed by atoms with E-state index in [9.17, 15) is 14.4 Å². The van der Waals surface area contributed by atoms with Gasteiger partial charge in [0.15, 0.2) is 0 Å². The number of hydrogen-bond acceptors (Lipinski definition) is 7. The predicted molar refractivity (Wildman–Crippen MR) is 122 cm³/mol. The van der Waals surface area contributed by atoms with Crippen molar-refractivity contribution in [3.8, 4) is 11.5 Å². The van der Waals surface area contributed by atoms with Crippen molar-refractivity contribution in [2.24, 2.45) is 0 Å². The first-order valence-corrected chi connectivity index (χ1v) is 11.1. The van der Waals surface area contributed by atoms with Crippen molar-refractivity contribution in [3.63, 3.8) is 0 Å². The number of anilines is 1. The Bertz CT molecular complexity index is 1230. The summed E-state index contributed by atoms with van der Waals surface area (Å²) in [5.74, 6) is 0.161. The number of amides is 2. The molecule has 2 N–H and O–H groups in total. The highest BCUT2D eigenvalue weighted by Crippen LogP contribution is 2.33. The second kappa shape index (κ2) is 9.39. The second-order valence-electron chi connectivity index (χ2n) is 7.46. The van der Waals surface area contributed by atoms with Gasteiger partial charge < -0.3 is 20.1 Å². The molecular weight excluding hydrogens is 432 g/mol. The van der Waals surface area contributed by atoms with E-state index in [1.54, 1.807) is 29.5 Å². The molecule has 168 valence electrons. The molecule has 0 bridgehead atoms. The molecule has 0 atom stereocenters. The zero-order valence-corrected chi connectivity index (χ0v) is 18.7. The van der Waals surface area contributed by atoms with Gasteiger partial charge >= 0.3 is 0 Å². The summed E-state index contributed by atoms with van der Waals surface area (Å²) in [7, 11) is 3.02. The van der Waals surface area contributed by atoms with Crippen LogP contribution in [0, 0.1) is 0 Å². The Balaban J connectivity index is 1.39. The summed E-state index contributed by atoms with van der Waals surface area (Å²) in [5, 5.41) is 5.85. The molecule has 9 nitrogen and oxygen atoms in total. The van der Waals surface area contributed by atoms with Crippen LogP contribution in [0.15, 0.2) is 29.3 Å². The Morgan fingerprint density at radius 1 is 1.16 bits per heavy atom. The van der Waals surface area contributed by atoms with Gasteiger partial charge in [-0.3, -0.25) is 19.0 Å². The lowest BCUT2D eigenvalue weighted by Crippen LogP contribution is -2.37. The standard InChI is InChI=1S/C22H24N4O5S/c1-30-13-7-8-15(16(9-13)31-2)25-18(27)10-23-19(28)11-26-12-24-21-20(22(26)29)14-5-3-4-6-17(14)32-21/h7-9,12H,3-6,10-11H2,1-2H3,(H,23,28)(H,25,27). The van der Waals surface area contributed by atoms with Crippen LogP contribution in [0.1, 0.15) is 23.3 Å². The van der Waals surface area contributed by atoms with Gasteiger partial charge in [0.1, 0.15) is 22.9 Å². The Labute approximate surface area is 188 Å². The van der Waals surface area contributed by atoms with Crippen molar-refractivity contribution in [1.29, 1.82) is 0 Å². The number of thiophene rings is 1. The minimum Gasteiger partial charge on any atom is -0.497 e. The smallest absolute Gasteiger partial charge is 0.262 e. The fourth-order valence-corrected chi connectivity index (χ4v) is 5.00. The molecule has 1 aliphatic rings. The second-order valence-corrected chi connectivity index (χ2v) is 8.54. The number of methoxy groups -OCH3 is 2. The molecule has 0 radical (unpaired) electrons. The van der Waals surface area contributed by atoms with Gasteiger partial charge in [-0.05, 0) is 43.4 Å². The number of fused-ring (bicyclic) bond motifs is 3. The Kier molecular flexibility index (Phi) is 6.40. The van der Waals surface area contributed by atoms with Crippen LogP contribution >= 0.6 is 11.3 Å². The zero-order valence-electron chi connectivity index (χ0n) is 17.9. The third-order valence-electron chi connectivity index (χ3n) is 5.38. The summed E-state index contributed by atoms with van der Waals surface area (Å²) in [4.78, 5) is 43.9. The van der Waals surface area contributed by atoms with Crippen LogP contribution in [-0.2, 0) is 29.0 Å². The number of ether oxygens (including phenoxy) is 2. The van der Waals surface area contributed by atoms with E-state index in [0.29, 0.717) is 22.6 Å². The van der Waals surface area contributed by atoms with Gasteiger partial charge in [0.25, 0.3) is 5.56 Å². The maximum absolute atomic E-state index is 12.9. The predicted octanol–water partition coefficient (Wildman–Crippen LogP) is 2.11. The Morgan fingerprint density at radius 2 is 1.97 bits per heavy atom. The highest BCUT2D eigenvalue weighted by molar-refractivity contribution is 7.18. The number of carbonyl (C=O) groups is 2. The van der Waals surface area contributed by atoms with E-state index in [2.05, 4.69) is 15.6 Å². The highest BCUT2D eigenvalue weighted by Gasteiger charge is 2.20. The molecular formula is C22H24N4O5S. The quantitative estimate of drug-likeness (QED) is 0.563. The molecule has 2 amide bonds. The van der Waals surface area contributed by atoms with Crippen LogP contribution in [-0.4, -0.2) is 42.1 Å².